The number of carbonyl (C=O) groups excluding carboxylic acids is 1. The molecule has 0 heterocycles. The lowest BCUT2D eigenvalue weighted by Crippen LogP contribution is -2.25. The van der Waals surface area contributed by atoms with Crippen LogP contribution in [0.5, 0.6) is 11.5 Å². The molecule has 4 nitrogen and oxygen atoms in total. The second-order valence-corrected chi connectivity index (χ2v) is 6.59. The van der Waals surface area contributed by atoms with Gasteiger partial charge in [0.2, 0.25) is 0 Å². The average Bonchev–Trinajstić information content (AvgIpc) is 2.66. The predicted molar refractivity (Wildman–Crippen MR) is 106 cm³/mol. The van der Waals surface area contributed by atoms with Crippen molar-refractivity contribution in [2.75, 3.05) is 0 Å². The smallest absolute Gasteiger partial charge is 0.416 e. The summed E-state index contributed by atoms with van der Waals surface area (Å²) in [5.74, 6) is -0.116. The minimum Gasteiger partial charge on any atom is -0.457 e. The molecule has 0 saturated heterocycles. The van der Waals surface area contributed by atoms with Gasteiger partial charge in [-0.05, 0) is 55.8 Å². The summed E-state index contributed by atoms with van der Waals surface area (Å²) in [5, 5.41) is 2.67. The summed E-state index contributed by atoms with van der Waals surface area (Å²) < 4.78 is 57.0. The van der Waals surface area contributed by atoms with Crippen molar-refractivity contribution in [3.63, 3.8) is 0 Å². The highest BCUT2D eigenvalue weighted by atomic mass is 19.4. The normalized spacial score (nSPS) is 13.7. The van der Waals surface area contributed by atoms with Crippen LogP contribution in [0.4, 0.5) is 17.6 Å². The second-order valence-electron chi connectivity index (χ2n) is 6.59. The maximum atomic E-state index is 13.0. The van der Waals surface area contributed by atoms with E-state index in [1.807, 2.05) is 0 Å². The number of nitrogens with two attached hydrogens (primary N) is 1. The van der Waals surface area contributed by atoms with E-state index in [-0.39, 0.29) is 23.6 Å². The average molecular weight is 422 g/mol. The van der Waals surface area contributed by atoms with Crippen LogP contribution in [0.3, 0.4) is 0 Å². The van der Waals surface area contributed by atoms with E-state index in [0.29, 0.717) is 11.3 Å². The third-order valence-corrected chi connectivity index (χ3v) is 3.95. The summed E-state index contributed by atoms with van der Waals surface area (Å²) in [7, 11) is 0. The lowest BCUT2D eigenvalue weighted by molar-refractivity contribution is -0.137. The molecule has 0 aliphatic heterocycles. The molecular weight excluding hydrogens is 400 g/mol. The van der Waals surface area contributed by atoms with Gasteiger partial charge in [0.1, 0.15) is 17.7 Å². The number of amides is 1. The Kier molecular flexibility index (Phi) is 7.63. The van der Waals surface area contributed by atoms with Gasteiger partial charge >= 0.3 is 6.18 Å². The van der Waals surface area contributed by atoms with Gasteiger partial charge in [-0.1, -0.05) is 24.3 Å². The zero-order valence-electron chi connectivity index (χ0n) is 16.5. The maximum absolute atomic E-state index is 13.0. The van der Waals surface area contributed by atoms with Gasteiger partial charge < -0.3 is 15.8 Å². The molecule has 0 spiro atoms. The van der Waals surface area contributed by atoms with Crippen molar-refractivity contribution in [1.82, 2.24) is 5.32 Å². The van der Waals surface area contributed by atoms with E-state index in [4.69, 9.17) is 10.5 Å². The summed E-state index contributed by atoms with van der Waals surface area (Å²) in [4.78, 5) is 12.3. The summed E-state index contributed by atoms with van der Waals surface area (Å²) in [6.07, 6.45) is -3.15. The van der Waals surface area contributed by atoms with Crippen LogP contribution in [-0.2, 0) is 17.5 Å². The number of hydrogen-bond donors (Lipinski definition) is 2. The summed E-state index contributed by atoms with van der Waals surface area (Å²) in [6.45, 7) is 2.98. The highest BCUT2D eigenvalue weighted by Crippen LogP contribution is 2.32. The number of halogens is 4. The number of carbonyl (C=O) groups is 1. The first-order valence-corrected chi connectivity index (χ1v) is 9.07. The van der Waals surface area contributed by atoms with E-state index < -0.39 is 23.8 Å². The van der Waals surface area contributed by atoms with Gasteiger partial charge in [0.05, 0.1) is 11.1 Å². The molecule has 8 heteroatoms. The van der Waals surface area contributed by atoms with Crippen molar-refractivity contribution in [1.29, 1.82) is 0 Å². The fourth-order valence-corrected chi connectivity index (χ4v) is 2.48. The number of benzene rings is 2. The van der Waals surface area contributed by atoms with E-state index in [1.54, 1.807) is 24.3 Å². The van der Waals surface area contributed by atoms with Crippen molar-refractivity contribution >= 4 is 5.91 Å². The Morgan fingerprint density at radius 1 is 1.17 bits per heavy atom. The Morgan fingerprint density at radius 3 is 2.40 bits per heavy atom. The fraction of sp³-hybridized carbons (Fsp3) is 0.227. The topological polar surface area (TPSA) is 64.4 Å². The van der Waals surface area contributed by atoms with Crippen LogP contribution >= 0.6 is 0 Å². The summed E-state index contributed by atoms with van der Waals surface area (Å²) in [5.41, 5.74) is 5.93. The zero-order valence-corrected chi connectivity index (χ0v) is 16.5. The molecule has 0 saturated carbocycles. The van der Waals surface area contributed by atoms with Crippen LogP contribution in [0.25, 0.3) is 0 Å². The number of nitrogens with one attached hydrogen (secondary N) is 1. The summed E-state index contributed by atoms with van der Waals surface area (Å²) in [6, 6.07) is 11.1. The number of alkyl halides is 4. The monoisotopic (exact) mass is 422 g/mol. The Hall–Kier alpha value is -3.29. The van der Waals surface area contributed by atoms with Crippen LogP contribution < -0.4 is 15.8 Å². The van der Waals surface area contributed by atoms with Crippen molar-refractivity contribution < 1.29 is 27.1 Å². The zero-order chi connectivity index (χ0) is 22.3. The van der Waals surface area contributed by atoms with Crippen molar-refractivity contribution in [3.05, 3.63) is 83.1 Å². The molecule has 0 fully saturated rings. The van der Waals surface area contributed by atoms with Gasteiger partial charge in [-0.15, -0.1) is 0 Å². The molecule has 1 amide bonds. The first kappa shape index (κ1) is 23.0. The molecule has 0 bridgehead atoms. The molecule has 2 rings (SSSR count). The van der Waals surface area contributed by atoms with Crippen LogP contribution in [0.1, 0.15) is 25.0 Å². The summed E-state index contributed by atoms with van der Waals surface area (Å²) >= 11 is 0. The van der Waals surface area contributed by atoms with E-state index in [2.05, 4.69) is 5.32 Å². The Morgan fingerprint density at radius 2 is 1.80 bits per heavy atom. The van der Waals surface area contributed by atoms with E-state index >= 15 is 0 Å². The number of hydrogen-bond acceptors (Lipinski definition) is 3. The minimum absolute atomic E-state index is 0.0421. The predicted octanol–water partition coefficient (Wildman–Crippen LogP) is 5.26. The van der Waals surface area contributed by atoms with Gasteiger partial charge in [-0.25, -0.2) is 4.39 Å². The lowest BCUT2D eigenvalue weighted by Gasteiger charge is -2.11. The Balaban J connectivity index is 2.07. The van der Waals surface area contributed by atoms with Crippen molar-refractivity contribution in [2.24, 2.45) is 5.73 Å². The van der Waals surface area contributed by atoms with Gasteiger partial charge in [-0.2, -0.15) is 13.2 Å². The van der Waals surface area contributed by atoms with Gasteiger partial charge in [0.15, 0.2) is 0 Å². The quantitative estimate of drug-likeness (QED) is 0.363. The second kappa shape index (κ2) is 9.96. The third kappa shape index (κ3) is 6.95. The van der Waals surface area contributed by atoms with Crippen LogP contribution in [0.2, 0.25) is 0 Å². The van der Waals surface area contributed by atoms with Crippen LogP contribution in [0.15, 0.2) is 72.0 Å². The Bertz CT molecular complexity index is 946. The molecule has 0 aliphatic rings. The van der Waals surface area contributed by atoms with Gasteiger partial charge in [-0.3, -0.25) is 4.79 Å². The fourth-order valence-electron chi connectivity index (χ4n) is 2.48. The third-order valence-electron chi connectivity index (χ3n) is 3.95. The van der Waals surface area contributed by atoms with E-state index in [9.17, 15) is 22.4 Å². The molecule has 0 radical (unpaired) electrons. The van der Waals surface area contributed by atoms with E-state index in [0.717, 1.165) is 12.1 Å². The number of rotatable bonds is 7. The lowest BCUT2D eigenvalue weighted by atomic mass is 10.1. The van der Waals surface area contributed by atoms with Gasteiger partial charge in [0, 0.05) is 12.2 Å². The number of allylic oxidation sites excluding steroid dienone is 2. The molecule has 2 aromatic carbocycles. The molecule has 30 heavy (non-hydrogen) atoms. The molecule has 2 aromatic rings. The van der Waals surface area contributed by atoms with Crippen LogP contribution in [0, 0.1) is 0 Å². The first-order valence-electron chi connectivity index (χ1n) is 9.07. The molecule has 0 aliphatic carbocycles. The van der Waals surface area contributed by atoms with E-state index in [1.165, 1.54) is 38.1 Å². The molecule has 1 atom stereocenters. The van der Waals surface area contributed by atoms with Crippen molar-refractivity contribution in [2.45, 2.75) is 32.7 Å². The number of ether oxygens (including phenoxy) is 1. The standard InChI is InChI=1S/C22H22F4N2O2/c1-14(23)9-10-20(15(2)27)21(29)28-13-16-5-3-7-18(11-16)30-19-8-4-6-17(12-19)22(24,25)26/h3-12,14H,13,27H2,1-2H3,(H,28,29)/b10-9-,20-15-. The van der Waals surface area contributed by atoms with Gasteiger partial charge in [0.25, 0.3) is 5.91 Å². The maximum Gasteiger partial charge on any atom is 0.416 e. The molecule has 0 aromatic heterocycles. The molecule has 1 unspecified atom stereocenters. The molecular formula is C22H22F4N2O2. The SMILES string of the molecule is C/C(N)=C(\C=C/C(C)F)C(=O)NCc1cccc(Oc2cccc(C(F)(F)F)c2)c1. The van der Waals surface area contributed by atoms with Crippen LogP contribution in [-0.4, -0.2) is 12.1 Å². The minimum atomic E-state index is -4.47. The Labute approximate surface area is 172 Å². The highest BCUT2D eigenvalue weighted by Gasteiger charge is 2.30. The first-order chi connectivity index (χ1) is 14.1. The molecule has 3 N–H and O–H groups in total. The van der Waals surface area contributed by atoms with Crippen molar-refractivity contribution in [3.8, 4) is 11.5 Å². The molecule has 160 valence electrons. The largest absolute Gasteiger partial charge is 0.457 e. The highest BCUT2D eigenvalue weighted by molar-refractivity contribution is 5.96.